The number of carbonyl (C=O) groups is 5. The number of hydrogen-bond donors (Lipinski definition) is 8. The van der Waals surface area contributed by atoms with Gasteiger partial charge in [-0.25, -0.2) is 18.4 Å². The summed E-state index contributed by atoms with van der Waals surface area (Å²) in [7, 11) is 0. The number of benzene rings is 3. The summed E-state index contributed by atoms with van der Waals surface area (Å²) in [6, 6.07) is 13.4. The highest BCUT2D eigenvalue weighted by atomic mass is 19.1. The van der Waals surface area contributed by atoms with E-state index in [4.69, 9.17) is 15.2 Å². The van der Waals surface area contributed by atoms with Gasteiger partial charge >= 0.3 is 12.1 Å². The standard InChI is InChI=1S/C43H57F2N9O8/c1-5-36(56)47-19-20-49-41(59)53-40(46)48-17-8-12-35(38(57)51-24-32-33(44)22-30(55)23-34(32)45)52-39(58)37(54-25-28-10-6-7-11-29(28)26-54)27-13-15-31(16-14-27)61-21-9-18-50-42(60)62-43(2,3)4/h6-7,10-11,13-16,22-23,35,37,55H,5,8-9,12,17-21,24-26H2,1-4H3,(H,47,56)(H,50,60)(H,51,57)(H,52,58)(H4,46,48,49,53,59)/t35-,37+/m1/s1. The lowest BCUT2D eigenvalue weighted by Gasteiger charge is -2.29. The van der Waals surface area contributed by atoms with Crippen molar-refractivity contribution in [2.45, 2.75) is 90.7 Å². The molecule has 3 aromatic rings. The van der Waals surface area contributed by atoms with Crippen LogP contribution in [0.3, 0.4) is 0 Å². The van der Waals surface area contributed by atoms with Gasteiger partial charge in [0.15, 0.2) is 5.96 Å². The fourth-order valence-corrected chi connectivity index (χ4v) is 6.37. The maximum atomic E-state index is 14.6. The molecule has 0 unspecified atom stereocenters. The van der Waals surface area contributed by atoms with Gasteiger partial charge in [0, 0.05) is 69.9 Å². The number of hydrogen-bond acceptors (Lipinski definition) is 9. The second-order valence-electron chi connectivity index (χ2n) is 15.4. The van der Waals surface area contributed by atoms with Crippen molar-refractivity contribution in [3.8, 4) is 11.5 Å². The summed E-state index contributed by atoms with van der Waals surface area (Å²) in [5.74, 6) is -3.81. The molecule has 4 rings (SSSR count). The number of carbonyl (C=O) groups excluding carboxylic acids is 5. The lowest BCUT2D eigenvalue weighted by molar-refractivity contribution is -0.132. The summed E-state index contributed by atoms with van der Waals surface area (Å²) in [5, 5.41) is 25.5. The molecule has 0 bridgehead atoms. The molecule has 1 aliphatic rings. The van der Waals surface area contributed by atoms with E-state index in [1.54, 1.807) is 52.0 Å². The van der Waals surface area contributed by atoms with Gasteiger partial charge in [-0.2, -0.15) is 4.99 Å². The highest BCUT2D eigenvalue weighted by Crippen LogP contribution is 2.32. The molecule has 0 spiro atoms. The SMILES string of the molecule is CCC(=O)NCCNC(=O)/N=C(/N)NCCC[C@@H](NC(=O)[C@H](c1ccc(OCCCNC(=O)OC(C)(C)C)cc1)N1Cc2ccccc2C1)C(=O)NCc1c(F)cc(O)cc1F. The van der Waals surface area contributed by atoms with Gasteiger partial charge in [-0.15, -0.1) is 0 Å². The van der Waals surface area contributed by atoms with Crippen LogP contribution in [0.5, 0.6) is 11.5 Å². The second kappa shape index (κ2) is 23.5. The number of urea groups is 1. The van der Waals surface area contributed by atoms with Crippen LogP contribution in [0.25, 0.3) is 0 Å². The van der Waals surface area contributed by atoms with E-state index >= 15 is 0 Å². The number of nitrogens with zero attached hydrogens (tertiary/aromatic N) is 2. The quantitative estimate of drug-likeness (QED) is 0.0463. The monoisotopic (exact) mass is 865 g/mol. The molecule has 0 radical (unpaired) electrons. The first kappa shape index (κ1) is 48.2. The van der Waals surface area contributed by atoms with E-state index in [9.17, 15) is 37.9 Å². The minimum absolute atomic E-state index is 0.0320. The van der Waals surface area contributed by atoms with Crippen LogP contribution in [0.1, 0.15) is 81.7 Å². The van der Waals surface area contributed by atoms with Crippen LogP contribution in [0.4, 0.5) is 18.4 Å². The fourth-order valence-electron chi connectivity index (χ4n) is 6.37. The van der Waals surface area contributed by atoms with E-state index in [0.29, 0.717) is 50.4 Å². The van der Waals surface area contributed by atoms with E-state index in [2.05, 4.69) is 36.9 Å². The molecule has 336 valence electrons. The van der Waals surface area contributed by atoms with Crippen LogP contribution >= 0.6 is 0 Å². The first-order valence-corrected chi connectivity index (χ1v) is 20.4. The molecule has 0 aromatic heterocycles. The minimum atomic E-state index is -1.20. The van der Waals surface area contributed by atoms with Crippen molar-refractivity contribution in [1.82, 2.24) is 36.8 Å². The number of amides is 6. The Hall–Kier alpha value is -6.50. The van der Waals surface area contributed by atoms with Gasteiger partial charge in [0.25, 0.3) is 0 Å². The Labute approximate surface area is 359 Å². The molecule has 0 aliphatic carbocycles. The van der Waals surface area contributed by atoms with Crippen LogP contribution < -0.4 is 42.4 Å². The number of halogens is 2. The molecule has 9 N–H and O–H groups in total. The van der Waals surface area contributed by atoms with Crippen molar-refractivity contribution in [3.63, 3.8) is 0 Å². The van der Waals surface area contributed by atoms with E-state index in [0.717, 1.165) is 23.3 Å². The number of phenolic OH excluding ortho intramolecular Hbond substituents is 1. The molecule has 0 saturated heterocycles. The molecule has 0 fully saturated rings. The van der Waals surface area contributed by atoms with Gasteiger partial charge in [-0.3, -0.25) is 19.3 Å². The molecule has 17 nitrogen and oxygen atoms in total. The molecule has 3 aromatic carbocycles. The molecule has 1 heterocycles. The van der Waals surface area contributed by atoms with Crippen LogP contribution in [-0.4, -0.2) is 90.2 Å². The van der Waals surface area contributed by atoms with Gasteiger partial charge in [0.1, 0.15) is 40.8 Å². The molecule has 6 amide bonds. The first-order chi connectivity index (χ1) is 29.5. The normalized spacial score (nSPS) is 13.5. The number of aromatic hydroxyl groups is 1. The summed E-state index contributed by atoms with van der Waals surface area (Å²) < 4.78 is 40.3. The van der Waals surface area contributed by atoms with Crippen molar-refractivity contribution >= 4 is 35.8 Å². The van der Waals surface area contributed by atoms with Gasteiger partial charge in [-0.05, 0) is 68.9 Å². The molecule has 19 heteroatoms. The average molecular weight is 866 g/mol. The van der Waals surface area contributed by atoms with E-state index in [1.165, 1.54) is 0 Å². The molecule has 0 saturated carbocycles. The van der Waals surface area contributed by atoms with Crippen LogP contribution in [0.2, 0.25) is 0 Å². The third kappa shape index (κ3) is 15.8. The number of aliphatic imine (C=N–C) groups is 1. The number of guanidine groups is 1. The first-order valence-electron chi connectivity index (χ1n) is 20.4. The van der Waals surface area contributed by atoms with Crippen LogP contribution in [-0.2, 0) is 38.8 Å². The fraction of sp³-hybridized carbons (Fsp3) is 0.442. The van der Waals surface area contributed by atoms with Gasteiger partial charge < -0.3 is 52.2 Å². The number of rotatable bonds is 20. The predicted octanol–water partition coefficient (Wildman–Crippen LogP) is 3.74. The lowest BCUT2D eigenvalue weighted by atomic mass is 10.0. The summed E-state index contributed by atoms with van der Waals surface area (Å²) in [6.07, 6.45) is 0.558. The van der Waals surface area contributed by atoms with Gasteiger partial charge in [0.2, 0.25) is 17.7 Å². The summed E-state index contributed by atoms with van der Waals surface area (Å²) in [6.45, 7) is 8.47. The zero-order valence-corrected chi connectivity index (χ0v) is 35.4. The highest BCUT2D eigenvalue weighted by molar-refractivity contribution is 5.92. The van der Waals surface area contributed by atoms with Crippen molar-refractivity contribution in [3.05, 3.63) is 94.6 Å². The van der Waals surface area contributed by atoms with Crippen LogP contribution in [0, 0.1) is 11.6 Å². The summed E-state index contributed by atoms with van der Waals surface area (Å²) in [4.78, 5) is 69.3. The highest BCUT2D eigenvalue weighted by Gasteiger charge is 2.34. The van der Waals surface area contributed by atoms with Crippen molar-refractivity contribution in [2.24, 2.45) is 10.7 Å². The number of ether oxygens (including phenoxy) is 2. The number of nitrogens with one attached hydrogen (secondary N) is 6. The average Bonchev–Trinajstić information content (AvgIpc) is 3.63. The Balaban J connectivity index is 1.45. The number of alkyl carbamates (subject to hydrolysis) is 1. The molecular formula is C43H57F2N9O8. The molecule has 2 atom stereocenters. The van der Waals surface area contributed by atoms with Crippen molar-refractivity contribution in [2.75, 3.05) is 32.8 Å². The van der Waals surface area contributed by atoms with Crippen molar-refractivity contribution < 1.29 is 47.3 Å². The molecule has 1 aliphatic heterocycles. The van der Waals surface area contributed by atoms with Crippen LogP contribution in [0.15, 0.2) is 65.7 Å². The molecule has 62 heavy (non-hydrogen) atoms. The summed E-state index contributed by atoms with van der Waals surface area (Å²) >= 11 is 0. The minimum Gasteiger partial charge on any atom is -0.508 e. The predicted molar refractivity (Wildman–Crippen MR) is 227 cm³/mol. The molecular weight excluding hydrogens is 809 g/mol. The smallest absolute Gasteiger partial charge is 0.407 e. The Morgan fingerprint density at radius 3 is 2.10 bits per heavy atom. The Bertz CT molecular complexity index is 2000. The number of phenols is 1. The third-order valence-electron chi connectivity index (χ3n) is 9.37. The zero-order chi connectivity index (χ0) is 45.2. The van der Waals surface area contributed by atoms with E-state index < -0.39 is 71.1 Å². The number of fused-ring (bicyclic) bond motifs is 1. The largest absolute Gasteiger partial charge is 0.508 e. The number of nitrogens with two attached hydrogens (primary N) is 1. The lowest BCUT2D eigenvalue weighted by Crippen LogP contribution is -2.50. The Kier molecular flexibility index (Phi) is 18.2. The summed E-state index contributed by atoms with van der Waals surface area (Å²) in [5.41, 5.74) is 7.49. The van der Waals surface area contributed by atoms with Crippen molar-refractivity contribution in [1.29, 1.82) is 0 Å². The maximum absolute atomic E-state index is 14.6. The Morgan fingerprint density at radius 2 is 1.47 bits per heavy atom. The van der Waals surface area contributed by atoms with Gasteiger partial charge in [-0.1, -0.05) is 43.3 Å². The third-order valence-corrected chi connectivity index (χ3v) is 9.37. The van der Waals surface area contributed by atoms with E-state index in [-0.39, 0.29) is 44.3 Å². The maximum Gasteiger partial charge on any atom is 0.407 e. The Morgan fingerprint density at radius 1 is 0.839 bits per heavy atom. The zero-order valence-electron chi connectivity index (χ0n) is 35.4. The topological polar surface area (TPSA) is 238 Å². The second-order valence-corrected chi connectivity index (χ2v) is 15.4. The van der Waals surface area contributed by atoms with E-state index in [1.807, 2.05) is 29.2 Å². The van der Waals surface area contributed by atoms with Gasteiger partial charge in [0.05, 0.1) is 6.61 Å².